The van der Waals surface area contributed by atoms with Gasteiger partial charge in [-0.1, -0.05) is 32.0 Å². The standard InChI is InChI=1S/C12H18N2O/c1-3-10(4-2)12(15)14-13-11-8-6-5-7-9-11/h5-10,13H,3-4H2,1-2H3,(H,14,15). The van der Waals surface area contributed by atoms with Gasteiger partial charge in [-0.2, -0.15) is 0 Å². The largest absolute Gasteiger partial charge is 0.299 e. The average molecular weight is 206 g/mol. The highest BCUT2D eigenvalue weighted by molar-refractivity contribution is 5.79. The second-order valence-electron chi connectivity index (χ2n) is 3.49. The Hall–Kier alpha value is -1.51. The van der Waals surface area contributed by atoms with Crippen LogP contribution in [0.1, 0.15) is 26.7 Å². The van der Waals surface area contributed by atoms with Crippen molar-refractivity contribution in [3.8, 4) is 0 Å². The van der Waals surface area contributed by atoms with Crippen LogP contribution < -0.4 is 10.9 Å². The predicted octanol–water partition coefficient (Wildman–Crippen LogP) is 2.57. The van der Waals surface area contributed by atoms with E-state index in [9.17, 15) is 4.79 Å². The fraction of sp³-hybridized carbons (Fsp3) is 0.417. The number of hydrogen-bond donors (Lipinski definition) is 2. The molecule has 0 aromatic heterocycles. The molecule has 0 unspecified atom stereocenters. The van der Waals surface area contributed by atoms with Crippen molar-refractivity contribution in [3.63, 3.8) is 0 Å². The number of rotatable bonds is 5. The normalized spacial score (nSPS) is 10.1. The molecule has 0 bridgehead atoms. The summed E-state index contributed by atoms with van der Waals surface area (Å²) in [5, 5.41) is 0. The zero-order valence-electron chi connectivity index (χ0n) is 9.29. The summed E-state index contributed by atoms with van der Waals surface area (Å²) in [5.41, 5.74) is 6.51. The van der Waals surface area contributed by atoms with Gasteiger partial charge in [0.15, 0.2) is 0 Å². The van der Waals surface area contributed by atoms with Gasteiger partial charge in [0, 0.05) is 5.92 Å². The lowest BCUT2D eigenvalue weighted by Gasteiger charge is -2.13. The molecule has 1 aromatic rings. The molecule has 82 valence electrons. The molecule has 0 aliphatic rings. The molecular weight excluding hydrogens is 188 g/mol. The van der Waals surface area contributed by atoms with Gasteiger partial charge >= 0.3 is 0 Å². The molecule has 0 atom stereocenters. The van der Waals surface area contributed by atoms with E-state index in [0.29, 0.717) is 0 Å². The van der Waals surface area contributed by atoms with E-state index in [4.69, 9.17) is 0 Å². The first-order valence-corrected chi connectivity index (χ1v) is 5.38. The maximum Gasteiger partial charge on any atom is 0.241 e. The van der Waals surface area contributed by atoms with Gasteiger partial charge in [0.1, 0.15) is 0 Å². The van der Waals surface area contributed by atoms with Gasteiger partial charge in [-0.25, -0.2) is 0 Å². The second kappa shape index (κ2) is 6.06. The summed E-state index contributed by atoms with van der Waals surface area (Å²) in [4.78, 5) is 11.6. The Morgan fingerprint density at radius 2 is 1.80 bits per heavy atom. The number of hydrazine groups is 1. The number of carbonyl (C=O) groups is 1. The van der Waals surface area contributed by atoms with Crippen LogP contribution >= 0.6 is 0 Å². The lowest BCUT2D eigenvalue weighted by atomic mass is 10.0. The van der Waals surface area contributed by atoms with Crippen LogP contribution in [0.15, 0.2) is 30.3 Å². The van der Waals surface area contributed by atoms with Crippen molar-refractivity contribution in [3.05, 3.63) is 30.3 Å². The minimum absolute atomic E-state index is 0.0591. The fourth-order valence-electron chi connectivity index (χ4n) is 1.42. The van der Waals surface area contributed by atoms with Crippen LogP contribution in [0, 0.1) is 5.92 Å². The van der Waals surface area contributed by atoms with E-state index in [2.05, 4.69) is 10.9 Å². The smallest absolute Gasteiger partial charge is 0.241 e. The SMILES string of the molecule is CCC(CC)C(=O)NNc1ccccc1. The van der Waals surface area contributed by atoms with Crippen LogP contribution in [0.5, 0.6) is 0 Å². The van der Waals surface area contributed by atoms with Gasteiger partial charge in [-0.3, -0.25) is 15.6 Å². The Morgan fingerprint density at radius 3 is 2.33 bits per heavy atom. The summed E-state index contributed by atoms with van der Waals surface area (Å²) in [6.07, 6.45) is 1.75. The molecule has 0 saturated heterocycles. The third-order valence-corrected chi connectivity index (χ3v) is 2.46. The molecule has 1 rings (SSSR count). The van der Waals surface area contributed by atoms with Crippen LogP contribution in [0.4, 0.5) is 5.69 Å². The van der Waals surface area contributed by atoms with Crippen molar-refractivity contribution in [1.82, 2.24) is 5.43 Å². The number of hydrogen-bond acceptors (Lipinski definition) is 2. The third kappa shape index (κ3) is 3.62. The Labute approximate surface area is 90.9 Å². The van der Waals surface area contributed by atoms with E-state index in [1.807, 2.05) is 44.2 Å². The number of para-hydroxylation sites is 1. The van der Waals surface area contributed by atoms with Gasteiger partial charge < -0.3 is 0 Å². The van der Waals surface area contributed by atoms with Crippen molar-refractivity contribution >= 4 is 11.6 Å². The van der Waals surface area contributed by atoms with Crippen LogP contribution in [-0.2, 0) is 4.79 Å². The molecule has 2 N–H and O–H groups in total. The Balaban J connectivity index is 2.40. The van der Waals surface area contributed by atoms with Crippen LogP contribution in [0.2, 0.25) is 0 Å². The lowest BCUT2D eigenvalue weighted by Crippen LogP contribution is -2.34. The van der Waals surface area contributed by atoms with E-state index in [0.717, 1.165) is 18.5 Å². The average Bonchev–Trinajstić information content (AvgIpc) is 2.29. The zero-order valence-corrected chi connectivity index (χ0v) is 9.29. The third-order valence-electron chi connectivity index (χ3n) is 2.46. The van der Waals surface area contributed by atoms with Gasteiger partial charge in [-0.15, -0.1) is 0 Å². The quantitative estimate of drug-likeness (QED) is 0.727. The molecule has 0 fully saturated rings. The minimum Gasteiger partial charge on any atom is -0.299 e. The number of anilines is 1. The van der Waals surface area contributed by atoms with Gasteiger partial charge in [-0.05, 0) is 25.0 Å². The number of benzene rings is 1. The maximum atomic E-state index is 11.6. The maximum absolute atomic E-state index is 11.6. The molecule has 0 radical (unpaired) electrons. The molecule has 0 aliphatic heterocycles. The molecule has 3 heteroatoms. The van der Waals surface area contributed by atoms with E-state index in [1.165, 1.54) is 0 Å². The van der Waals surface area contributed by atoms with Crippen molar-refractivity contribution in [2.24, 2.45) is 5.92 Å². The molecular formula is C12H18N2O. The van der Waals surface area contributed by atoms with E-state index in [-0.39, 0.29) is 11.8 Å². The molecule has 0 spiro atoms. The molecule has 0 saturated carbocycles. The van der Waals surface area contributed by atoms with Crippen molar-refractivity contribution in [2.75, 3.05) is 5.43 Å². The monoisotopic (exact) mass is 206 g/mol. The highest BCUT2D eigenvalue weighted by atomic mass is 16.2. The van der Waals surface area contributed by atoms with E-state index < -0.39 is 0 Å². The van der Waals surface area contributed by atoms with Gasteiger partial charge in [0.05, 0.1) is 5.69 Å². The second-order valence-corrected chi connectivity index (χ2v) is 3.49. The molecule has 15 heavy (non-hydrogen) atoms. The van der Waals surface area contributed by atoms with Crippen LogP contribution in [0.3, 0.4) is 0 Å². The topological polar surface area (TPSA) is 41.1 Å². The summed E-state index contributed by atoms with van der Waals surface area (Å²) in [6, 6.07) is 9.60. The van der Waals surface area contributed by atoms with E-state index >= 15 is 0 Å². The minimum atomic E-state index is 0.0591. The van der Waals surface area contributed by atoms with Crippen molar-refractivity contribution < 1.29 is 4.79 Å². The first kappa shape index (κ1) is 11.6. The molecule has 0 heterocycles. The summed E-state index contributed by atoms with van der Waals surface area (Å²) < 4.78 is 0. The van der Waals surface area contributed by atoms with E-state index in [1.54, 1.807) is 0 Å². The first-order valence-electron chi connectivity index (χ1n) is 5.38. The zero-order chi connectivity index (χ0) is 11.1. The summed E-state index contributed by atoms with van der Waals surface area (Å²) in [5.74, 6) is 0.157. The predicted molar refractivity (Wildman–Crippen MR) is 62.3 cm³/mol. The van der Waals surface area contributed by atoms with Gasteiger partial charge in [0.2, 0.25) is 5.91 Å². The highest BCUT2D eigenvalue weighted by Crippen LogP contribution is 2.08. The molecule has 0 aliphatic carbocycles. The van der Waals surface area contributed by atoms with Crippen LogP contribution in [0.25, 0.3) is 0 Å². The van der Waals surface area contributed by atoms with Crippen LogP contribution in [-0.4, -0.2) is 5.91 Å². The summed E-state index contributed by atoms with van der Waals surface area (Å²) in [6.45, 7) is 4.05. The number of amides is 1. The number of nitrogens with one attached hydrogen (secondary N) is 2. The van der Waals surface area contributed by atoms with Gasteiger partial charge in [0.25, 0.3) is 0 Å². The Morgan fingerprint density at radius 1 is 1.20 bits per heavy atom. The lowest BCUT2D eigenvalue weighted by molar-refractivity contribution is -0.124. The molecule has 1 amide bonds. The first-order chi connectivity index (χ1) is 7.27. The Kier molecular flexibility index (Phi) is 4.68. The number of carbonyl (C=O) groups excluding carboxylic acids is 1. The fourth-order valence-corrected chi connectivity index (χ4v) is 1.42. The summed E-state index contributed by atoms with van der Waals surface area (Å²) in [7, 11) is 0. The summed E-state index contributed by atoms with van der Waals surface area (Å²) >= 11 is 0. The molecule has 1 aromatic carbocycles. The Bertz CT molecular complexity index is 294. The molecule has 3 nitrogen and oxygen atoms in total. The highest BCUT2D eigenvalue weighted by Gasteiger charge is 2.12. The van der Waals surface area contributed by atoms with Crippen molar-refractivity contribution in [2.45, 2.75) is 26.7 Å². The van der Waals surface area contributed by atoms with Crippen molar-refractivity contribution in [1.29, 1.82) is 0 Å².